The number of pyridine rings is 1. The van der Waals surface area contributed by atoms with E-state index >= 15 is 0 Å². The summed E-state index contributed by atoms with van der Waals surface area (Å²) in [6.45, 7) is 3.16. The van der Waals surface area contributed by atoms with Gasteiger partial charge in [0, 0.05) is 24.6 Å². The van der Waals surface area contributed by atoms with Crippen molar-refractivity contribution in [2.24, 2.45) is 5.92 Å². The maximum absolute atomic E-state index is 12.8. The maximum Gasteiger partial charge on any atom is 0.185 e. The Bertz CT molecular complexity index is 552. The van der Waals surface area contributed by atoms with Crippen LogP contribution in [0.25, 0.3) is 0 Å². The van der Waals surface area contributed by atoms with Crippen LogP contribution in [0.1, 0.15) is 23.0 Å². The van der Waals surface area contributed by atoms with E-state index in [1.165, 1.54) is 12.1 Å². The molecule has 0 saturated carbocycles. The molecule has 0 amide bonds. The lowest BCUT2D eigenvalue weighted by Crippen LogP contribution is -2.28. The van der Waals surface area contributed by atoms with Crippen LogP contribution < -0.4 is 0 Å². The Balaban J connectivity index is 1.92. The zero-order valence-corrected chi connectivity index (χ0v) is 11.5. The number of nitrogens with zero attached hydrogens (tertiary/aromatic N) is 2. The number of aromatic nitrogens is 1. The molecular formula is C15H17FN2O2. The summed E-state index contributed by atoms with van der Waals surface area (Å²) in [5.74, 6) is -0.722. The molecule has 1 unspecified atom stereocenters. The fraction of sp³-hybridized carbons (Fsp3) is 0.333. The first-order chi connectivity index (χ1) is 9.56. The molecule has 4 nitrogen and oxygen atoms in total. The largest absolute Gasteiger partial charge is 0.472 e. The number of furan rings is 1. The molecule has 1 atom stereocenters. The number of rotatable bonds is 6. The third-order valence-corrected chi connectivity index (χ3v) is 3.05. The molecule has 0 radical (unpaired) electrons. The van der Waals surface area contributed by atoms with Gasteiger partial charge in [0.2, 0.25) is 0 Å². The van der Waals surface area contributed by atoms with Crippen molar-refractivity contribution in [3.8, 4) is 0 Å². The van der Waals surface area contributed by atoms with Crippen LogP contribution in [-0.2, 0) is 6.54 Å². The van der Waals surface area contributed by atoms with Crippen molar-refractivity contribution in [3.05, 3.63) is 54.0 Å². The third-order valence-electron chi connectivity index (χ3n) is 3.05. The molecule has 2 aromatic heterocycles. The Hall–Kier alpha value is -2.01. The first-order valence-corrected chi connectivity index (χ1v) is 6.41. The van der Waals surface area contributed by atoms with E-state index in [0.29, 0.717) is 18.8 Å². The normalized spacial score (nSPS) is 12.6. The Kier molecular flexibility index (Phi) is 4.63. The summed E-state index contributed by atoms with van der Waals surface area (Å²) in [6.07, 6.45) is 4.37. The number of carbonyl (C=O) groups excluding carboxylic acids is 1. The van der Waals surface area contributed by atoms with Crippen LogP contribution >= 0.6 is 0 Å². The summed E-state index contributed by atoms with van der Waals surface area (Å²) >= 11 is 0. The quantitative estimate of drug-likeness (QED) is 0.761. The Labute approximate surface area is 117 Å². The van der Waals surface area contributed by atoms with E-state index < -0.39 is 5.82 Å². The predicted octanol–water partition coefficient (Wildman–Crippen LogP) is 2.76. The Morgan fingerprint density at radius 2 is 2.25 bits per heavy atom. The van der Waals surface area contributed by atoms with Crippen LogP contribution in [0.2, 0.25) is 0 Å². The van der Waals surface area contributed by atoms with Crippen LogP contribution in [0.5, 0.6) is 0 Å². The fourth-order valence-electron chi connectivity index (χ4n) is 2.08. The highest BCUT2D eigenvalue weighted by Gasteiger charge is 2.18. The standard InChI is InChI=1S/C15H17FN2O2/c1-11(8-18(2)9-12-5-6-20-10-12)15(19)14-4-3-13(16)7-17-14/h3-7,10-11H,8-9H2,1-2H3. The van der Waals surface area contributed by atoms with Gasteiger partial charge >= 0.3 is 0 Å². The lowest BCUT2D eigenvalue weighted by molar-refractivity contribution is 0.0895. The minimum absolute atomic E-state index is 0.0796. The van der Waals surface area contributed by atoms with Crippen molar-refractivity contribution in [1.29, 1.82) is 0 Å². The van der Waals surface area contributed by atoms with Gasteiger partial charge in [-0.15, -0.1) is 0 Å². The molecule has 106 valence electrons. The van der Waals surface area contributed by atoms with E-state index in [1.807, 2.05) is 24.9 Å². The number of carbonyl (C=O) groups is 1. The highest BCUT2D eigenvalue weighted by molar-refractivity contribution is 5.95. The van der Waals surface area contributed by atoms with Crippen molar-refractivity contribution in [3.63, 3.8) is 0 Å². The molecule has 0 aliphatic carbocycles. The van der Waals surface area contributed by atoms with Gasteiger partial charge in [0.1, 0.15) is 11.5 Å². The predicted molar refractivity (Wildman–Crippen MR) is 72.7 cm³/mol. The van der Waals surface area contributed by atoms with E-state index in [9.17, 15) is 9.18 Å². The number of hydrogen-bond acceptors (Lipinski definition) is 4. The number of hydrogen-bond donors (Lipinski definition) is 0. The average Bonchev–Trinajstić information content (AvgIpc) is 2.91. The zero-order chi connectivity index (χ0) is 14.5. The fourth-order valence-corrected chi connectivity index (χ4v) is 2.08. The minimum Gasteiger partial charge on any atom is -0.472 e. The lowest BCUT2D eigenvalue weighted by atomic mass is 10.0. The molecule has 0 aromatic carbocycles. The van der Waals surface area contributed by atoms with Gasteiger partial charge in [-0.3, -0.25) is 9.78 Å². The second-order valence-corrected chi connectivity index (χ2v) is 4.96. The second-order valence-electron chi connectivity index (χ2n) is 4.96. The van der Waals surface area contributed by atoms with Crippen molar-refractivity contribution in [1.82, 2.24) is 9.88 Å². The summed E-state index contributed by atoms with van der Waals surface area (Å²) in [4.78, 5) is 18.0. The summed E-state index contributed by atoms with van der Waals surface area (Å²) in [5.41, 5.74) is 1.36. The van der Waals surface area contributed by atoms with Gasteiger partial charge in [0.05, 0.1) is 18.7 Å². The maximum atomic E-state index is 12.8. The van der Waals surface area contributed by atoms with Crippen LogP contribution in [0.15, 0.2) is 41.3 Å². The highest BCUT2D eigenvalue weighted by Crippen LogP contribution is 2.11. The highest BCUT2D eigenvalue weighted by atomic mass is 19.1. The topological polar surface area (TPSA) is 46.3 Å². The van der Waals surface area contributed by atoms with Gasteiger partial charge in [-0.1, -0.05) is 6.92 Å². The molecule has 0 aliphatic rings. The van der Waals surface area contributed by atoms with Gasteiger partial charge < -0.3 is 9.32 Å². The monoisotopic (exact) mass is 276 g/mol. The Morgan fingerprint density at radius 1 is 1.45 bits per heavy atom. The molecule has 0 bridgehead atoms. The number of halogens is 1. The van der Waals surface area contributed by atoms with Crippen molar-refractivity contribution < 1.29 is 13.6 Å². The van der Waals surface area contributed by atoms with Crippen molar-refractivity contribution in [2.45, 2.75) is 13.5 Å². The van der Waals surface area contributed by atoms with Gasteiger partial charge in [-0.2, -0.15) is 0 Å². The van der Waals surface area contributed by atoms with Gasteiger partial charge in [-0.25, -0.2) is 4.39 Å². The second kappa shape index (κ2) is 6.43. The van der Waals surface area contributed by atoms with E-state index in [-0.39, 0.29) is 11.7 Å². The van der Waals surface area contributed by atoms with Crippen LogP contribution in [0.4, 0.5) is 4.39 Å². The molecule has 0 aliphatic heterocycles. The van der Waals surface area contributed by atoms with Gasteiger partial charge in [0.25, 0.3) is 0 Å². The summed E-state index contributed by atoms with van der Waals surface area (Å²) in [6, 6.07) is 4.57. The first kappa shape index (κ1) is 14.4. The summed E-state index contributed by atoms with van der Waals surface area (Å²) in [7, 11) is 1.94. The summed E-state index contributed by atoms with van der Waals surface area (Å²) < 4.78 is 17.8. The average molecular weight is 276 g/mol. The van der Waals surface area contributed by atoms with Gasteiger partial charge in [-0.05, 0) is 25.2 Å². The molecule has 2 heterocycles. The number of Topliss-reactive ketones (excluding diaryl/α,β-unsaturated/α-hetero) is 1. The molecule has 20 heavy (non-hydrogen) atoms. The molecule has 0 saturated heterocycles. The van der Waals surface area contributed by atoms with Crippen molar-refractivity contribution >= 4 is 5.78 Å². The molecule has 2 rings (SSSR count). The number of ketones is 1. The summed E-state index contributed by atoms with van der Waals surface area (Å²) in [5, 5.41) is 0. The SMILES string of the molecule is CC(CN(C)Cc1ccoc1)C(=O)c1ccc(F)cn1. The zero-order valence-electron chi connectivity index (χ0n) is 11.5. The lowest BCUT2D eigenvalue weighted by Gasteiger charge is -2.19. The van der Waals surface area contributed by atoms with E-state index in [1.54, 1.807) is 12.5 Å². The van der Waals surface area contributed by atoms with Crippen LogP contribution in [0, 0.1) is 11.7 Å². The molecule has 2 aromatic rings. The van der Waals surface area contributed by atoms with Crippen LogP contribution in [0.3, 0.4) is 0 Å². The molecule has 0 fully saturated rings. The van der Waals surface area contributed by atoms with E-state index in [4.69, 9.17) is 4.42 Å². The van der Waals surface area contributed by atoms with Gasteiger partial charge in [0.15, 0.2) is 5.78 Å². The van der Waals surface area contributed by atoms with E-state index in [0.717, 1.165) is 11.8 Å². The van der Waals surface area contributed by atoms with E-state index in [2.05, 4.69) is 4.98 Å². The van der Waals surface area contributed by atoms with Crippen molar-refractivity contribution in [2.75, 3.05) is 13.6 Å². The third kappa shape index (κ3) is 3.74. The smallest absolute Gasteiger partial charge is 0.185 e. The van der Waals surface area contributed by atoms with Crippen LogP contribution in [-0.4, -0.2) is 29.3 Å². The first-order valence-electron chi connectivity index (χ1n) is 6.41. The minimum atomic E-state index is -0.439. The molecule has 5 heteroatoms. The molecule has 0 spiro atoms. The molecular weight excluding hydrogens is 259 g/mol. The Morgan fingerprint density at radius 3 is 2.85 bits per heavy atom. The molecule has 0 N–H and O–H groups in total.